The highest BCUT2D eigenvalue weighted by molar-refractivity contribution is 5.63. The van der Waals surface area contributed by atoms with Gasteiger partial charge in [-0.3, -0.25) is 0 Å². The first-order valence-corrected chi connectivity index (χ1v) is 6.90. The molecule has 4 N–H and O–H groups in total. The minimum atomic E-state index is 0.129. The van der Waals surface area contributed by atoms with Gasteiger partial charge in [-0.2, -0.15) is 0 Å². The van der Waals surface area contributed by atoms with Gasteiger partial charge in [0.2, 0.25) is 0 Å². The van der Waals surface area contributed by atoms with Crippen molar-refractivity contribution in [2.24, 2.45) is 17.4 Å². The van der Waals surface area contributed by atoms with E-state index in [4.69, 9.17) is 11.5 Å². The van der Waals surface area contributed by atoms with Crippen LogP contribution in [0.2, 0.25) is 0 Å². The van der Waals surface area contributed by atoms with Gasteiger partial charge < -0.3 is 11.5 Å². The second-order valence-corrected chi connectivity index (χ2v) is 5.51. The Morgan fingerprint density at radius 2 is 1.42 bits per heavy atom. The molecule has 0 heterocycles. The van der Waals surface area contributed by atoms with Crippen LogP contribution in [0.1, 0.15) is 24.4 Å². The first-order valence-electron chi connectivity index (χ1n) is 6.90. The first kappa shape index (κ1) is 12.4. The van der Waals surface area contributed by atoms with E-state index in [0.717, 1.165) is 12.8 Å². The third-order valence-corrected chi connectivity index (χ3v) is 4.12. The Hall–Kier alpha value is -1.64. The van der Waals surface area contributed by atoms with Crippen LogP contribution in [0.3, 0.4) is 0 Å². The third-order valence-electron chi connectivity index (χ3n) is 4.12. The van der Waals surface area contributed by atoms with Crippen LogP contribution in [0.4, 0.5) is 0 Å². The largest absolute Gasteiger partial charge is 0.328 e. The molecule has 3 rings (SSSR count). The molecule has 0 amide bonds. The van der Waals surface area contributed by atoms with Gasteiger partial charge in [0.15, 0.2) is 0 Å². The minimum Gasteiger partial charge on any atom is -0.328 e. The zero-order chi connectivity index (χ0) is 13.2. The van der Waals surface area contributed by atoms with Crippen molar-refractivity contribution in [3.05, 3.63) is 60.2 Å². The normalized spacial score (nSPS) is 23.7. The van der Waals surface area contributed by atoms with E-state index in [1.165, 1.54) is 16.7 Å². The average molecular weight is 252 g/mol. The number of benzene rings is 2. The predicted octanol–water partition coefficient (Wildman–Crippen LogP) is 3.09. The summed E-state index contributed by atoms with van der Waals surface area (Å²) in [5.41, 5.74) is 15.8. The van der Waals surface area contributed by atoms with Crippen molar-refractivity contribution >= 4 is 0 Å². The van der Waals surface area contributed by atoms with Crippen LogP contribution in [-0.4, -0.2) is 6.04 Å². The maximum Gasteiger partial charge on any atom is 0.0324 e. The summed E-state index contributed by atoms with van der Waals surface area (Å²) in [5, 5.41) is 0. The summed E-state index contributed by atoms with van der Waals surface area (Å²) in [6.45, 7) is 0. The molecule has 1 atom stereocenters. The maximum absolute atomic E-state index is 6.30. The van der Waals surface area contributed by atoms with Gasteiger partial charge in [0.25, 0.3) is 0 Å². The molecular formula is C17H20N2. The Labute approximate surface area is 114 Å². The summed E-state index contributed by atoms with van der Waals surface area (Å²) in [4.78, 5) is 0. The highest BCUT2D eigenvalue weighted by Gasteiger charge is 2.31. The van der Waals surface area contributed by atoms with E-state index in [0.29, 0.717) is 12.0 Å². The highest BCUT2D eigenvalue weighted by Crippen LogP contribution is 2.35. The van der Waals surface area contributed by atoms with Crippen molar-refractivity contribution in [2.45, 2.75) is 24.9 Å². The van der Waals surface area contributed by atoms with Crippen LogP contribution in [0.25, 0.3) is 11.1 Å². The number of rotatable bonds is 3. The fourth-order valence-electron chi connectivity index (χ4n) is 2.80. The number of hydrogen-bond acceptors (Lipinski definition) is 2. The van der Waals surface area contributed by atoms with Crippen LogP contribution < -0.4 is 11.5 Å². The summed E-state index contributed by atoms with van der Waals surface area (Å²) in [7, 11) is 0. The predicted molar refractivity (Wildman–Crippen MR) is 79.5 cm³/mol. The van der Waals surface area contributed by atoms with E-state index in [-0.39, 0.29) is 6.04 Å². The molecule has 98 valence electrons. The van der Waals surface area contributed by atoms with E-state index < -0.39 is 0 Å². The zero-order valence-corrected chi connectivity index (χ0v) is 11.0. The van der Waals surface area contributed by atoms with Gasteiger partial charge in [-0.25, -0.2) is 0 Å². The molecule has 1 aliphatic rings. The quantitative estimate of drug-likeness (QED) is 0.882. The van der Waals surface area contributed by atoms with E-state index >= 15 is 0 Å². The van der Waals surface area contributed by atoms with Gasteiger partial charge in [-0.05, 0) is 35.4 Å². The summed E-state index contributed by atoms with van der Waals surface area (Å²) in [5.74, 6) is 0.553. The van der Waals surface area contributed by atoms with Crippen molar-refractivity contribution in [1.29, 1.82) is 0 Å². The topological polar surface area (TPSA) is 52.0 Å². The molecule has 2 aromatic rings. The van der Waals surface area contributed by atoms with Gasteiger partial charge in [-0.1, -0.05) is 54.6 Å². The van der Waals surface area contributed by atoms with Crippen molar-refractivity contribution in [1.82, 2.24) is 0 Å². The molecule has 1 fully saturated rings. The maximum atomic E-state index is 6.30. The molecule has 0 bridgehead atoms. The average Bonchev–Trinajstić information content (AvgIpc) is 2.44. The summed E-state index contributed by atoms with van der Waals surface area (Å²) in [6.07, 6.45) is 2.11. The summed E-state index contributed by atoms with van der Waals surface area (Å²) in [6, 6.07) is 19.5. The Morgan fingerprint density at radius 1 is 0.842 bits per heavy atom. The fourth-order valence-corrected chi connectivity index (χ4v) is 2.80. The van der Waals surface area contributed by atoms with Crippen LogP contribution >= 0.6 is 0 Å². The molecule has 1 unspecified atom stereocenters. The molecule has 0 radical (unpaired) electrons. The molecule has 0 saturated heterocycles. The van der Waals surface area contributed by atoms with Crippen molar-refractivity contribution in [3.8, 4) is 11.1 Å². The molecule has 0 aliphatic heterocycles. The zero-order valence-electron chi connectivity index (χ0n) is 11.0. The Kier molecular flexibility index (Phi) is 3.36. The molecule has 2 heteroatoms. The van der Waals surface area contributed by atoms with Gasteiger partial charge in [-0.15, -0.1) is 0 Å². The van der Waals surface area contributed by atoms with E-state index in [9.17, 15) is 0 Å². The Bertz CT molecular complexity index is 527. The Morgan fingerprint density at radius 3 is 2.00 bits per heavy atom. The first-order chi connectivity index (χ1) is 9.24. The lowest BCUT2D eigenvalue weighted by Crippen LogP contribution is -2.41. The third kappa shape index (κ3) is 2.55. The Balaban J connectivity index is 1.76. The van der Waals surface area contributed by atoms with Crippen LogP contribution in [-0.2, 0) is 0 Å². The molecule has 1 aliphatic carbocycles. The molecule has 2 nitrogen and oxygen atoms in total. The van der Waals surface area contributed by atoms with E-state index in [1.807, 2.05) is 6.07 Å². The monoisotopic (exact) mass is 252 g/mol. The number of hydrogen-bond donors (Lipinski definition) is 2. The molecule has 0 aromatic heterocycles. The van der Waals surface area contributed by atoms with Gasteiger partial charge in [0, 0.05) is 12.1 Å². The molecule has 0 spiro atoms. The van der Waals surface area contributed by atoms with Crippen molar-refractivity contribution in [2.75, 3.05) is 0 Å². The lowest BCUT2D eigenvalue weighted by molar-refractivity contribution is 0.224. The molecule has 19 heavy (non-hydrogen) atoms. The van der Waals surface area contributed by atoms with Gasteiger partial charge in [0.1, 0.15) is 0 Å². The van der Waals surface area contributed by atoms with Gasteiger partial charge >= 0.3 is 0 Å². The second kappa shape index (κ2) is 5.16. The molecule has 1 saturated carbocycles. The lowest BCUT2D eigenvalue weighted by Gasteiger charge is -2.37. The van der Waals surface area contributed by atoms with Crippen LogP contribution in [0.5, 0.6) is 0 Å². The summed E-state index contributed by atoms with van der Waals surface area (Å²) < 4.78 is 0. The van der Waals surface area contributed by atoms with Crippen molar-refractivity contribution in [3.63, 3.8) is 0 Å². The number of nitrogens with two attached hydrogens (primary N) is 2. The standard InChI is InChI=1S/C17H20N2/c18-16-10-15(11-16)17(19)14-8-6-13(7-9-14)12-4-2-1-3-5-12/h1-9,15-17H,10-11,18-19H2. The van der Waals surface area contributed by atoms with E-state index in [2.05, 4.69) is 48.5 Å². The smallest absolute Gasteiger partial charge is 0.0324 e. The fraction of sp³-hybridized carbons (Fsp3) is 0.294. The van der Waals surface area contributed by atoms with E-state index in [1.54, 1.807) is 0 Å². The van der Waals surface area contributed by atoms with Crippen LogP contribution in [0, 0.1) is 5.92 Å². The lowest BCUT2D eigenvalue weighted by atomic mass is 9.74. The molecule has 2 aromatic carbocycles. The highest BCUT2D eigenvalue weighted by atomic mass is 14.7. The summed E-state index contributed by atoms with van der Waals surface area (Å²) >= 11 is 0. The molecular weight excluding hydrogens is 232 g/mol. The minimum absolute atomic E-state index is 0.129. The van der Waals surface area contributed by atoms with Crippen LogP contribution in [0.15, 0.2) is 54.6 Å². The SMILES string of the molecule is NC1CC(C(N)c2ccc(-c3ccccc3)cc2)C1. The van der Waals surface area contributed by atoms with Crippen molar-refractivity contribution < 1.29 is 0 Å². The van der Waals surface area contributed by atoms with Gasteiger partial charge in [0.05, 0.1) is 0 Å². The second-order valence-electron chi connectivity index (χ2n) is 5.51.